The molecule has 2 atom stereocenters. The number of pyridine rings is 1. The van der Waals surface area contributed by atoms with Crippen LogP contribution in [0.25, 0.3) is 10.8 Å². The minimum absolute atomic E-state index is 0.133. The Kier molecular flexibility index (Phi) is 9.51. The van der Waals surface area contributed by atoms with Gasteiger partial charge in [-0.1, -0.05) is 30.3 Å². The van der Waals surface area contributed by atoms with Crippen LogP contribution >= 0.6 is 0 Å². The Morgan fingerprint density at radius 1 is 1.00 bits per heavy atom. The predicted molar refractivity (Wildman–Crippen MR) is 169 cm³/mol. The van der Waals surface area contributed by atoms with Crippen molar-refractivity contribution >= 4 is 44.0 Å². The Labute approximate surface area is 259 Å². The lowest BCUT2D eigenvalue weighted by Crippen LogP contribution is -2.21. The van der Waals surface area contributed by atoms with Crippen molar-refractivity contribution in [2.45, 2.75) is 41.7 Å². The number of ether oxygens (including phenoxy) is 2. The van der Waals surface area contributed by atoms with E-state index in [1.54, 1.807) is 67.8 Å². The van der Waals surface area contributed by atoms with Crippen LogP contribution in [0.4, 0.5) is 16.2 Å². The number of hydrogen-bond donors (Lipinski definition) is 5. The fourth-order valence-corrected chi connectivity index (χ4v) is 6.93. The fourth-order valence-electron chi connectivity index (χ4n) is 5.06. The number of sulfone groups is 1. The van der Waals surface area contributed by atoms with Crippen molar-refractivity contribution in [2.75, 3.05) is 31.4 Å². The Hall–Kier alpha value is -4.72. The van der Waals surface area contributed by atoms with Crippen LogP contribution in [-0.4, -0.2) is 56.6 Å². The number of nitrogens with one attached hydrogen (secondary N) is 4. The van der Waals surface area contributed by atoms with Gasteiger partial charge in [0.2, 0.25) is 0 Å². The van der Waals surface area contributed by atoms with E-state index >= 15 is 0 Å². The molecule has 1 aliphatic rings. The molecule has 5 N–H and O–H groups in total. The summed E-state index contributed by atoms with van der Waals surface area (Å²) >= 11 is 0. The highest BCUT2D eigenvalue weighted by atomic mass is 32.2. The number of aliphatic carboxylic acids is 1. The number of fused-ring (bicyclic) bond motifs is 1. The second kappa shape index (κ2) is 13.5. The summed E-state index contributed by atoms with van der Waals surface area (Å²) in [7, 11) is -0.230. The number of benzene rings is 3. The highest BCUT2D eigenvalue weighted by Gasteiger charge is 2.38. The summed E-state index contributed by atoms with van der Waals surface area (Å²) in [5, 5.41) is 19.3. The lowest BCUT2D eigenvalue weighted by molar-refractivity contribution is -0.138. The van der Waals surface area contributed by atoms with Crippen molar-refractivity contribution in [3.05, 3.63) is 100.0 Å². The number of methoxy groups -OCH3 is 1. The molecule has 3 aromatic carbocycles. The molecular weight excluding hydrogens is 600 g/mol. The molecule has 1 aliphatic carbocycles. The second-order valence-corrected chi connectivity index (χ2v) is 12.9. The molecule has 1 aromatic heterocycles. The number of amides is 1. The molecule has 45 heavy (non-hydrogen) atoms. The van der Waals surface area contributed by atoms with Crippen LogP contribution in [-0.2, 0) is 30.7 Å². The molecule has 13 heteroatoms. The third-order valence-corrected chi connectivity index (χ3v) is 9.93. The third-order valence-electron chi connectivity index (χ3n) is 7.57. The molecular formula is C32H34N4O8S. The number of carbonyl (C=O) groups is 2. The average molecular weight is 635 g/mol. The van der Waals surface area contributed by atoms with Crippen LogP contribution in [0.3, 0.4) is 0 Å². The van der Waals surface area contributed by atoms with Crippen LogP contribution in [0, 0.1) is 0 Å². The molecule has 236 valence electrons. The molecule has 0 aliphatic heterocycles. The first-order chi connectivity index (χ1) is 21.6. The summed E-state index contributed by atoms with van der Waals surface area (Å²) < 4.78 is 36.5. The van der Waals surface area contributed by atoms with E-state index in [9.17, 15) is 27.9 Å². The summed E-state index contributed by atoms with van der Waals surface area (Å²) in [6, 6.07) is 17.0. The molecule has 1 amide bonds. The van der Waals surface area contributed by atoms with Crippen molar-refractivity contribution in [1.82, 2.24) is 10.3 Å². The van der Waals surface area contributed by atoms with Crippen molar-refractivity contribution in [2.24, 2.45) is 0 Å². The number of carboxylic acids is 1. The van der Waals surface area contributed by atoms with E-state index in [0.717, 1.165) is 5.39 Å². The Balaban J connectivity index is 1.22. The van der Waals surface area contributed by atoms with Crippen LogP contribution < -0.4 is 21.5 Å². The topological polar surface area (TPSA) is 176 Å². The van der Waals surface area contributed by atoms with Gasteiger partial charge in [-0.2, -0.15) is 0 Å². The molecule has 5 rings (SSSR count). The number of carbonyl (C=O) groups excluding carboxylic acids is 1. The zero-order valence-electron chi connectivity index (χ0n) is 24.7. The van der Waals surface area contributed by atoms with Crippen molar-refractivity contribution in [1.29, 1.82) is 0 Å². The molecule has 1 unspecified atom stereocenters. The zero-order valence-corrected chi connectivity index (χ0v) is 25.5. The summed E-state index contributed by atoms with van der Waals surface area (Å²) in [6.45, 7) is 0.180. The SMILES string of the molecule is CNCc1cc(NC(=O)OC[C@H](OC)c2ccc(C(Nc3ccc4cc[nH]c(=O)c4c3)C(=O)O)cc2)ccc1S(=O)(=O)C1CC1. The number of anilines is 2. The van der Waals surface area contributed by atoms with E-state index in [4.69, 9.17) is 9.47 Å². The molecule has 1 fully saturated rings. The van der Waals surface area contributed by atoms with Crippen LogP contribution in [0.1, 0.15) is 41.7 Å². The smallest absolute Gasteiger partial charge is 0.411 e. The third kappa shape index (κ3) is 7.33. The predicted octanol–water partition coefficient (Wildman–Crippen LogP) is 4.36. The van der Waals surface area contributed by atoms with E-state index in [-0.39, 0.29) is 22.3 Å². The standard InChI is InChI=1S/C32H34N4O8S/c1-33-17-22-15-23(9-12-28(22)45(41,42)25-10-11-25)36-32(40)44-18-27(43-2)20-3-5-21(6-4-20)29(31(38)39)35-24-8-7-19-13-14-34-30(37)26(19)16-24/h3-9,12-16,25,27,29,33,35H,10-11,17-18H2,1-2H3,(H,34,37)(H,36,40)(H,38,39)/t27-,29?/m0/s1. The van der Waals surface area contributed by atoms with Crippen molar-refractivity contribution < 1.29 is 32.6 Å². The first-order valence-corrected chi connectivity index (χ1v) is 15.8. The van der Waals surface area contributed by atoms with Gasteiger partial charge in [0.25, 0.3) is 5.56 Å². The van der Waals surface area contributed by atoms with E-state index < -0.39 is 34.0 Å². The molecule has 4 aromatic rings. The number of carboxylic acid groups (broad SMARTS) is 1. The van der Waals surface area contributed by atoms with Crippen LogP contribution in [0.5, 0.6) is 0 Å². The fraction of sp³-hybridized carbons (Fsp3) is 0.281. The first-order valence-electron chi connectivity index (χ1n) is 14.3. The van der Waals surface area contributed by atoms with Gasteiger partial charge in [-0.15, -0.1) is 0 Å². The summed E-state index contributed by atoms with van der Waals surface area (Å²) in [6.07, 6.45) is 1.48. The monoisotopic (exact) mass is 634 g/mol. The number of aromatic amines is 1. The Morgan fingerprint density at radius 2 is 1.71 bits per heavy atom. The van der Waals surface area contributed by atoms with Gasteiger partial charge in [0.1, 0.15) is 12.7 Å². The highest BCUT2D eigenvalue weighted by molar-refractivity contribution is 7.92. The van der Waals surface area contributed by atoms with Gasteiger partial charge < -0.3 is 30.2 Å². The van der Waals surface area contributed by atoms with E-state index in [2.05, 4.69) is 20.9 Å². The normalized spacial score (nSPS) is 14.4. The maximum Gasteiger partial charge on any atom is 0.411 e. The van der Waals surface area contributed by atoms with Gasteiger partial charge in [-0.3, -0.25) is 10.1 Å². The molecule has 0 bridgehead atoms. The van der Waals surface area contributed by atoms with Crippen LogP contribution in [0.2, 0.25) is 0 Å². The number of aromatic nitrogens is 1. The highest BCUT2D eigenvalue weighted by Crippen LogP contribution is 2.35. The summed E-state index contributed by atoms with van der Waals surface area (Å²) in [5.41, 5.74) is 2.27. The van der Waals surface area contributed by atoms with Gasteiger partial charge in [0, 0.05) is 36.6 Å². The quantitative estimate of drug-likeness (QED) is 0.142. The minimum atomic E-state index is -3.41. The molecule has 1 heterocycles. The number of hydrogen-bond acceptors (Lipinski definition) is 9. The van der Waals surface area contributed by atoms with Gasteiger partial charge in [-0.25, -0.2) is 18.0 Å². The average Bonchev–Trinajstić information content (AvgIpc) is 3.88. The molecule has 12 nitrogen and oxygen atoms in total. The Bertz CT molecular complexity index is 1870. The maximum absolute atomic E-state index is 12.8. The number of rotatable bonds is 13. The van der Waals surface area contributed by atoms with Gasteiger partial charge in [0.05, 0.1) is 10.1 Å². The van der Waals surface area contributed by atoms with Gasteiger partial charge >= 0.3 is 12.1 Å². The second-order valence-electron chi connectivity index (χ2n) is 10.7. The van der Waals surface area contributed by atoms with Crippen molar-refractivity contribution in [3.8, 4) is 0 Å². The lowest BCUT2D eigenvalue weighted by Gasteiger charge is -2.19. The maximum atomic E-state index is 12.8. The molecule has 0 spiro atoms. The first kappa shape index (κ1) is 31.7. The van der Waals surface area contributed by atoms with Crippen LogP contribution in [0.15, 0.2) is 82.6 Å². The lowest BCUT2D eigenvalue weighted by atomic mass is 10.0. The molecule has 1 saturated carbocycles. The summed E-state index contributed by atoms with van der Waals surface area (Å²) in [4.78, 5) is 39.8. The molecule has 0 saturated heterocycles. The van der Waals surface area contributed by atoms with Gasteiger partial charge in [-0.05, 0) is 78.4 Å². The zero-order chi connectivity index (χ0) is 32.1. The Morgan fingerprint density at radius 3 is 2.38 bits per heavy atom. The van der Waals surface area contributed by atoms with E-state index in [0.29, 0.717) is 52.8 Å². The molecule has 0 radical (unpaired) electrons. The van der Waals surface area contributed by atoms with E-state index in [1.807, 2.05) is 0 Å². The largest absolute Gasteiger partial charge is 0.479 e. The van der Waals surface area contributed by atoms with Crippen molar-refractivity contribution in [3.63, 3.8) is 0 Å². The van der Waals surface area contributed by atoms with Gasteiger partial charge in [0.15, 0.2) is 15.9 Å². The minimum Gasteiger partial charge on any atom is -0.479 e. The number of H-pyrrole nitrogens is 1. The summed E-state index contributed by atoms with van der Waals surface area (Å²) in [5.74, 6) is -1.11. The van der Waals surface area contributed by atoms with E-state index in [1.165, 1.54) is 19.2 Å².